The predicted octanol–water partition coefficient (Wildman–Crippen LogP) is 3.50. The van der Waals surface area contributed by atoms with Gasteiger partial charge in [0, 0.05) is 6.92 Å². The van der Waals surface area contributed by atoms with Gasteiger partial charge in [0.2, 0.25) is 0 Å². The van der Waals surface area contributed by atoms with Gasteiger partial charge >= 0.3 is 5.97 Å². The van der Waals surface area contributed by atoms with E-state index in [9.17, 15) is 9.59 Å². The minimum atomic E-state index is -0.367. The van der Waals surface area contributed by atoms with Crippen molar-refractivity contribution in [1.82, 2.24) is 5.32 Å². The quantitative estimate of drug-likeness (QED) is 0.528. The average molecular weight is 338 g/mol. The fourth-order valence-electron chi connectivity index (χ4n) is 2.05. The Labute approximate surface area is 143 Å². The molecule has 0 saturated carbocycles. The maximum Gasteiger partial charge on any atom is 0.308 e. The topological polar surface area (TPSA) is 67.8 Å². The highest BCUT2D eigenvalue weighted by atomic mass is 32.2. The van der Waals surface area contributed by atoms with Gasteiger partial charge in [0.1, 0.15) is 5.75 Å². The first kappa shape index (κ1) is 16.0. The number of nitrogens with zero attached hydrogens (tertiary/aromatic N) is 1. The van der Waals surface area contributed by atoms with E-state index < -0.39 is 0 Å². The van der Waals surface area contributed by atoms with E-state index in [2.05, 4.69) is 10.3 Å². The summed E-state index contributed by atoms with van der Waals surface area (Å²) in [4.78, 5) is 27.9. The third-order valence-corrected chi connectivity index (χ3v) is 3.99. The summed E-state index contributed by atoms with van der Waals surface area (Å²) in [5.74, 6) is -0.0770. The van der Waals surface area contributed by atoms with Crippen LogP contribution in [0.1, 0.15) is 12.5 Å². The lowest BCUT2D eigenvalue weighted by Crippen LogP contribution is -2.19. The zero-order valence-electron chi connectivity index (χ0n) is 12.9. The number of rotatable bonds is 3. The first-order chi connectivity index (χ1) is 11.6. The summed E-state index contributed by atoms with van der Waals surface area (Å²) in [5.41, 5.74) is 1.62. The minimum absolute atomic E-state index is 0.182. The fourth-order valence-corrected chi connectivity index (χ4v) is 2.89. The van der Waals surface area contributed by atoms with E-state index in [1.54, 1.807) is 30.3 Å². The Bertz CT molecular complexity index is 827. The maximum atomic E-state index is 12.0. The van der Waals surface area contributed by atoms with Gasteiger partial charge in [-0.1, -0.05) is 30.3 Å². The maximum absolute atomic E-state index is 12.0. The van der Waals surface area contributed by atoms with E-state index in [-0.39, 0.29) is 11.9 Å². The average Bonchev–Trinajstić information content (AvgIpc) is 2.89. The molecule has 1 saturated heterocycles. The van der Waals surface area contributed by atoms with Crippen LogP contribution in [-0.4, -0.2) is 17.0 Å². The van der Waals surface area contributed by atoms with Crippen LogP contribution in [-0.2, 0) is 9.59 Å². The van der Waals surface area contributed by atoms with Crippen LogP contribution in [0.25, 0.3) is 6.08 Å². The van der Waals surface area contributed by atoms with Gasteiger partial charge in [0.25, 0.3) is 5.91 Å². The van der Waals surface area contributed by atoms with Crippen molar-refractivity contribution in [2.75, 3.05) is 0 Å². The molecule has 1 N–H and O–H groups in total. The molecular weight excluding hydrogens is 324 g/mol. The van der Waals surface area contributed by atoms with Crippen molar-refractivity contribution >= 4 is 40.6 Å². The molecule has 5 nitrogen and oxygen atoms in total. The highest BCUT2D eigenvalue weighted by Crippen LogP contribution is 2.28. The predicted molar refractivity (Wildman–Crippen MR) is 95.0 cm³/mol. The van der Waals surface area contributed by atoms with Crippen molar-refractivity contribution < 1.29 is 14.3 Å². The number of ether oxygens (including phenoxy) is 1. The molecule has 0 atom stereocenters. The number of carbonyl (C=O) groups excluding carboxylic acids is 2. The van der Waals surface area contributed by atoms with Gasteiger partial charge in [-0.3, -0.25) is 9.59 Å². The molecule has 1 heterocycles. The van der Waals surface area contributed by atoms with Crippen molar-refractivity contribution in [3.8, 4) is 5.75 Å². The lowest BCUT2D eigenvalue weighted by Gasteiger charge is -2.01. The standard InChI is InChI=1S/C18H14N2O3S/c1-12(21)23-15-9-7-13(8-10-15)11-16-17(22)20-18(24-16)19-14-5-3-2-4-6-14/h2-11H,1H3,(H,19,20,22). The second-order valence-electron chi connectivity index (χ2n) is 4.98. The van der Waals surface area contributed by atoms with Crippen molar-refractivity contribution in [1.29, 1.82) is 0 Å². The fraction of sp³-hybridized carbons (Fsp3) is 0.0556. The number of hydrogen-bond donors (Lipinski definition) is 1. The first-order valence-electron chi connectivity index (χ1n) is 7.23. The van der Waals surface area contributed by atoms with Crippen LogP contribution in [0.2, 0.25) is 0 Å². The normalized spacial score (nSPS) is 17.1. The molecule has 0 bridgehead atoms. The number of amides is 1. The van der Waals surface area contributed by atoms with Crippen LogP contribution in [0.15, 0.2) is 64.5 Å². The lowest BCUT2D eigenvalue weighted by atomic mass is 10.2. The van der Waals surface area contributed by atoms with Gasteiger partial charge in [-0.2, -0.15) is 0 Å². The van der Waals surface area contributed by atoms with Crippen molar-refractivity contribution in [3.63, 3.8) is 0 Å². The Kier molecular flexibility index (Phi) is 4.77. The molecule has 1 amide bonds. The molecular formula is C18H14N2O3S. The summed E-state index contributed by atoms with van der Waals surface area (Å²) < 4.78 is 4.98. The Morgan fingerprint density at radius 1 is 1.12 bits per heavy atom. The van der Waals surface area contributed by atoms with Crippen LogP contribution in [0.4, 0.5) is 5.69 Å². The third kappa shape index (κ3) is 4.11. The Morgan fingerprint density at radius 2 is 1.83 bits per heavy atom. The van der Waals surface area contributed by atoms with Crippen LogP contribution in [0.5, 0.6) is 5.75 Å². The highest BCUT2D eigenvalue weighted by Gasteiger charge is 2.23. The SMILES string of the molecule is CC(=O)Oc1ccc(C=C2SC(=Nc3ccccc3)NC2=O)cc1. The molecule has 0 unspecified atom stereocenters. The van der Waals surface area contributed by atoms with Crippen LogP contribution in [0.3, 0.4) is 0 Å². The van der Waals surface area contributed by atoms with Gasteiger partial charge in [0.15, 0.2) is 5.17 Å². The minimum Gasteiger partial charge on any atom is -0.427 e. The van der Waals surface area contributed by atoms with Gasteiger partial charge in [-0.05, 0) is 47.7 Å². The van der Waals surface area contributed by atoms with Gasteiger partial charge in [0.05, 0.1) is 10.6 Å². The van der Waals surface area contributed by atoms with E-state index in [1.165, 1.54) is 18.7 Å². The molecule has 0 aromatic heterocycles. The molecule has 0 spiro atoms. The smallest absolute Gasteiger partial charge is 0.308 e. The summed E-state index contributed by atoms with van der Waals surface area (Å²) in [6.07, 6.45) is 1.77. The molecule has 24 heavy (non-hydrogen) atoms. The molecule has 120 valence electrons. The number of hydrogen-bond acceptors (Lipinski definition) is 5. The molecule has 0 aliphatic carbocycles. The number of amidine groups is 1. The third-order valence-electron chi connectivity index (χ3n) is 3.08. The molecule has 0 radical (unpaired) electrons. The van der Waals surface area contributed by atoms with E-state index >= 15 is 0 Å². The molecule has 2 aromatic rings. The van der Waals surface area contributed by atoms with Crippen molar-refractivity contribution in [3.05, 3.63) is 65.1 Å². The molecule has 3 rings (SSSR count). The summed E-state index contributed by atoms with van der Waals surface area (Å²) in [6.45, 7) is 1.35. The monoisotopic (exact) mass is 338 g/mol. The molecule has 1 aliphatic rings. The Hall–Kier alpha value is -2.86. The van der Waals surface area contributed by atoms with E-state index in [4.69, 9.17) is 4.74 Å². The molecule has 1 aliphatic heterocycles. The number of benzene rings is 2. The van der Waals surface area contributed by atoms with Gasteiger partial charge < -0.3 is 10.1 Å². The van der Waals surface area contributed by atoms with E-state index in [0.717, 1.165) is 11.3 Å². The molecule has 6 heteroatoms. The van der Waals surface area contributed by atoms with Crippen LogP contribution < -0.4 is 10.1 Å². The van der Waals surface area contributed by atoms with E-state index in [0.29, 0.717) is 15.8 Å². The van der Waals surface area contributed by atoms with Crippen molar-refractivity contribution in [2.24, 2.45) is 4.99 Å². The van der Waals surface area contributed by atoms with Gasteiger partial charge in [-0.15, -0.1) is 0 Å². The summed E-state index contributed by atoms with van der Waals surface area (Å²) >= 11 is 1.29. The number of thioether (sulfide) groups is 1. The second-order valence-corrected chi connectivity index (χ2v) is 6.01. The number of para-hydroxylation sites is 1. The molecule has 2 aromatic carbocycles. The van der Waals surface area contributed by atoms with Crippen LogP contribution in [0, 0.1) is 0 Å². The first-order valence-corrected chi connectivity index (χ1v) is 8.05. The number of nitrogens with one attached hydrogen (secondary N) is 1. The van der Waals surface area contributed by atoms with Crippen molar-refractivity contribution in [2.45, 2.75) is 6.92 Å². The van der Waals surface area contributed by atoms with Crippen LogP contribution >= 0.6 is 11.8 Å². The largest absolute Gasteiger partial charge is 0.427 e. The summed E-state index contributed by atoms with van der Waals surface area (Å²) in [6, 6.07) is 16.4. The second kappa shape index (κ2) is 7.14. The Morgan fingerprint density at radius 3 is 2.50 bits per heavy atom. The zero-order chi connectivity index (χ0) is 16.9. The summed E-state index contributed by atoms with van der Waals surface area (Å²) in [7, 11) is 0. The van der Waals surface area contributed by atoms with E-state index in [1.807, 2.05) is 30.3 Å². The molecule has 1 fully saturated rings. The summed E-state index contributed by atoms with van der Waals surface area (Å²) in [5, 5.41) is 3.30. The number of esters is 1. The van der Waals surface area contributed by atoms with Gasteiger partial charge in [-0.25, -0.2) is 4.99 Å². The zero-order valence-corrected chi connectivity index (χ0v) is 13.7. The number of carbonyl (C=O) groups is 2. The number of aliphatic imine (C=N–C) groups is 1. The highest BCUT2D eigenvalue weighted by molar-refractivity contribution is 8.18. The Balaban J connectivity index is 1.75. The lowest BCUT2D eigenvalue weighted by molar-refractivity contribution is -0.131.